The zero-order valence-electron chi connectivity index (χ0n) is 7.25. The summed E-state index contributed by atoms with van der Waals surface area (Å²) in [4.78, 5) is 0.763. The molecule has 0 aliphatic rings. The molecule has 0 atom stereocenters. The minimum Gasteiger partial charge on any atom is -0.344 e. The standard InChI is InChI=1S/C6H15NO6/c1-7(6(11,12)13)4-2-3-5(8,9)10/h8-13H,2-4H2,1H3. The van der Waals surface area contributed by atoms with Gasteiger partial charge in [0.15, 0.2) is 0 Å². The smallest absolute Gasteiger partial charge is 0.344 e. The van der Waals surface area contributed by atoms with Crippen molar-refractivity contribution >= 4 is 0 Å². The predicted molar refractivity (Wildman–Crippen MR) is 40.6 cm³/mol. The van der Waals surface area contributed by atoms with Crippen LogP contribution in [0.2, 0.25) is 0 Å². The fraction of sp³-hybridized carbons (Fsp3) is 1.00. The predicted octanol–water partition coefficient (Wildman–Crippen LogP) is -3.08. The number of aliphatic hydroxyl groups is 6. The van der Waals surface area contributed by atoms with Crippen LogP contribution in [0.4, 0.5) is 0 Å². The lowest BCUT2D eigenvalue weighted by Gasteiger charge is -2.26. The zero-order chi connectivity index (χ0) is 10.7. The van der Waals surface area contributed by atoms with E-state index < -0.39 is 12.1 Å². The molecule has 80 valence electrons. The van der Waals surface area contributed by atoms with Gasteiger partial charge in [0.2, 0.25) is 0 Å². The van der Waals surface area contributed by atoms with Crippen molar-refractivity contribution in [3.8, 4) is 0 Å². The van der Waals surface area contributed by atoms with E-state index in [2.05, 4.69) is 0 Å². The molecule has 6 N–H and O–H groups in total. The molecule has 0 amide bonds. The lowest BCUT2D eigenvalue weighted by Crippen LogP contribution is -2.46. The zero-order valence-corrected chi connectivity index (χ0v) is 7.25. The second kappa shape index (κ2) is 4.29. The van der Waals surface area contributed by atoms with Gasteiger partial charge < -0.3 is 30.6 Å². The monoisotopic (exact) mass is 197 g/mol. The lowest BCUT2D eigenvalue weighted by molar-refractivity contribution is -0.389. The van der Waals surface area contributed by atoms with E-state index in [1.54, 1.807) is 0 Å². The molecule has 0 aromatic heterocycles. The van der Waals surface area contributed by atoms with Crippen LogP contribution in [0, 0.1) is 0 Å². The highest BCUT2D eigenvalue weighted by Crippen LogP contribution is 2.07. The fourth-order valence-corrected chi connectivity index (χ4v) is 0.703. The van der Waals surface area contributed by atoms with Crippen LogP contribution in [0.25, 0.3) is 0 Å². The average molecular weight is 197 g/mol. The van der Waals surface area contributed by atoms with E-state index in [0.717, 1.165) is 4.90 Å². The first kappa shape index (κ1) is 12.7. The Morgan fingerprint density at radius 3 is 1.77 bits per heavy atom. The number of hydrogen-bond acceptors (Lipinski definition) is 7. The third-order valence-corrected chi connectivity index (χ3v) is 1.52. The van der Waals surface area contributed by atoms with Crippen LogP contribution in [-0.2, 0) is 0 Å². The molecule has 7 nitrogen and oxygen atoms in total. The summed E-state index contributed by atoms with van der Waals surface area (Å²) in [6, 6.07) is 0. The first-order chi connectivity index (χ1) is 5.63. The fourth-order valence-electron chi connectivity index (χ4n) is 0.703. The van der Waals surface area contributed by atoms with E-state index in [4.69, 9.17) is 30.6 Å². The van der Waals surface area contributed by atoms with Crippen LogP contribution < -0.4 is 0 Å². The highest BCUT2D eigenvalue weighted by Gasteiger charge is 2.26. The number of rotatable bonds is 5. The Morgan fingerprint density at radius 1 is 1.00 bits per heavy atom. The second-order valence-electron chi connectivity index (χ2n) is 2.90. The molecule has 0 fully saturated rings. The summed E-state index contributed by atoms with van der Waals surface area (Å²) in [6.07, 6.45) is -3.21. The van der Waals surface area contributed by atoms with Gasteiger partial charge in [-0.05, 0) is 13.5 Å². The Labute approximate surface area is 75.1 Å². The van der Waals surface area contributed by atoms with Crippen LogP contribution in [0.5, 0.6) is 0 Å². The summed E-state index contributed by atoms with van der Waals surface area (Å²) in [7, 11) is 1.22. The normalized spacial score (nSPS) is 13.8. The molecule has 0 saturated carbocycles. The van der Waals surface area contributed by atoms with Crippen molar-refractivity contribution in [3.63, 3.8) is 0 Å². The molecule has 7 heteroatoms. The van der Waals surface area contributed by atoms with Crippen molar-refractivity contribution < 1.29 is 30.6 Å². The molecule has 0 bridgehead atoms. The summed E-state index contributed by atoms with van der Waals surface area (Å²) in [6.45, 7) is -0.0209. The van der Waals surface area contributed by atoms with E-state index >= 15 is 0 Å². The maximum absolute atomic E-state index is 8.57. The molecule has 0 aromatic carbocycles. The van der Waals surface area contributed by atoms with Gasteiger partial charge in [0.05, 0.1) is 0 Å². The topological polar surface area (TPSA) is 125 Å². The lowest BCUT2D eigenvalue weighted by atomic mass is 10.2. The van der Waals surface area contributed by atoms with E-state index in [9.17, 15) is 0 Å². The van der Waals surface area contributed by atoms with E-state index in [1.165, 1.54) is 7.05 Å². The van der Waals surface area contributed by atoms with Crippen molar-refractivity contribution in [1.82, 2.24) is 4.90 Å². The van der Waals surface area contributed by atoms with Crippen LogP contribution in [0.1, 0.15) is 12.8 Å². The minimum absolute atomic E-state index is 0.0209. The van der Waals surface area contributed by atoms with Gasteiger partial charge >= 0.3 is 6.10 Å². The van der Waals surface area contributed by atoms with Gasteiger partial charge in [-0.1, -0.05) is 0 Å². The third-order valence-electron chi connectivity index (χ3n) is 1.52. The molecular formula is C6H15NO6. The molecule has 0 spiro atoms. The average Bonchev–Trinajstić information content (AvgIpc) is 1.82. The third kappa shape index (κ3) is 6.84. The summed E-state index contributed by atoms with van der Waals surface area (Å²) < 4.78 is 0. The SMILES string of the molecule is CN(CCCC(O)(O)O)C(O)(O)O. The van der Waals surface area contributed by atoms with Crippen LogP contribution in [-0.4, -0.2) is 61.2 Å². The second-order valence-corrected chi connectivity index (χ2v) is 2.90. The first-order valence-corrected chi connectivity index (χ1v) is 3.68. The van der Waals surface area contributed by atoms with E-state index in [0.29, 0.717) is 0 Å². The first-order valence-electron chi connectivity index (χ1n) is 3.68. The van der Waals surface area contributed by atoms with E-state index in [1.807, 2.05) is 0 Å². The van der Waals surface area contributed by atoms with Crippen molar-refractivity contribution in [1.29, 1.82) is 0 Å². The molecule has 0 aliphatic heterocycles. The summed E-state index contributed by atoms with van der Waals surface area (Å²) >= 11 is 0. The Bertz CT molecular complexity index is 148. The number of nitrogens with zero attached hydrogens (tertiary/aromatic N) is 1. The molecule has 0 aliphatic carbocycles. The van der Waals surface area contributed by atoms with Gasteiger partial charge in [-0.25, -0.2) is 4.90 Å². The Hall–Kier alpha value is -0.280. The summed E-state index contributed by atoms with van der Waals surface area (Å²) in [5.41, 5.74) is 0. The quantitative estimate of drug-likeness (QED) is 0.258. The van der Waals surface area contributed by atoms with Gasteiger partial charge in [-0.15, -0.1) is 0 Å². The van der Waals surface area contributed by atoms with Gasteiger partial charge in [-0.2, -0.15) is 0 Å². The van der Waals surface area contributed by atoms with E-state index in [-0.39, 0.29) is 19.4 Å². The summed E-state index contributed by atoms with van der Waals surface area (Å²) in [5.74, 6) is -2.76. The molecular weight excluding hydrogens is 182 g/mol. The van der Waals surface area contributed by atoms with Gasteiger partial charge in [-0.3, -0.25) is 0 Å². The van der Waals surface area contributed by atoms with Crippen molar-refractivity contribution in [2.45, 2.75) is 24.9 Å². The molecule has 0 rings (SSSR count). The van der Waals surface area contributed by atoms with Gasteiger partial charge in [0, 0.05) is 13.0 Å². The number of hydrogen-bond donors (Lipinski definition) is 6. The molecule has 0 radical (unpaired) electrons. The molecule has 13 heavy (non-hydrogen) atoms. The van der Waals surface area contributed by atoms with Crippen LogP contribution in [0.3, 0.4) is 0 Å². The maximum Gasteiger partial charge on any atom is 0.345 e. The molecule has 0 heterocycles. The Morgan fingerprint density at radius 2 is 1.46 bits per heavy atom. The Kier molecular flexibility index (Phi) is 4.20. The molecule has 0 aromatic rings. The molecule has 0 saturated heterocycles. The molecule has 0 unspecified atom stereocenters. The van der Waals surface area contributed by atoms with Gasteiger partial charge in [0.1, 0.15) is 0 Å². The van der Waals surface area contributed by atoms with Crippen molar-refractivity contribution in [3.05, 3.63) is 0 Å². The summed E-state index contributed by atoms with van der Waals surface area (Å²) in [5, 5.41) is 51.0. The van der Waals surface area contributed by atoms with Crippen molar-refractivity contribution in [2.75, 3.05) is 13.6 Å². The minimum atomic E-state index is -2.93. The van der Waals surface area contributed by atoms with Crippen LogP contribution >= 0.6 is 0 Å². The van der Waals surface area contributed by atoms with Crippen molar-refractivity contribution in [2.24, 2.45) is 0 Å². The highest BCUT2D eigenvalue weighted by atomic mass is 16.7. The maximum atomic E-state index is 8.57. The van der Waals surface area contributed by atoms with Crippen LogP contribution in [0.15, 0.2) is 0 Å². The Balaban J connectivity index is 3.67. The highest BCUT2D eigenvalue weighted by molar-refractivity contribution is 4.55. The van der Waals surface area contributed by atoms with Gasteiger partial charge in [0.25, 0.3) is 5.97 Å². The largest absolute Gasteiger partial charge is 0.345 e.